The number of nitrogens with two attached hydrogens (primary N) is 1. The van der Waals surface area contributed by atoms with Gasteiger partial charge in [0.2, 0.25) is 0 Å². The quantitative estimate of drug-likeness (QED) is 0.685. The fourth-order valence-electron chi connectivity index (χ4n) is 3.94. The minimum atomic E-state index is 0.524. The van der Waals surface area contributed by atoms with E-state index in [2.05, 4.69) is 0 Å². The normalized spacial score (nSPS) is 38.8. The van der Waals surface area contributed by atoms with Crippen LogP contribution < -0.4 is 5.73 Å². The van der Waals surface area contributed by atoms with Gasteiger partial charge in [-0.15, -0.1) is 0 Å². The molecule has 2 rings (SSSR count). The number of unbranched alkanes of at least 4 members (excludes halogenated alkanes) is 1. The van der Waals surface area contributed by atoms with Crippen LogP contribution in [0, 0.1) is 17.3 Å². The second kappa shape index (κ2) is 4.84. The highest BCUT2D eigenvalue weighted by atomic mass is 16.5. The van der Waals surface area contributed by atoms with E-state index in [0.29, 0.717) is 5.41 Å². The van der Waals surface area contributed by atoms with E-state index in [4.69, 9.17) is 10.5 Å². The Kier molecular flexibility index (Phi) is 3.68. The molecule has 0 heterocycles. The van der Waals surface area contributed by atoms with Crippen molar-refractivity contribution in [1.82, 2.24) is 0 Å². The van der Waals surface area contributed by atoms with Gasteiger partial charge in [-0.25, -0.2) is 0 Å². The summed E-state index contributed by atoms with van der Waals surface area (Å²) in [6.07, 6.45) is 9.66. The highest BCUT2D eigenvalue weighted by molar-refractivity contribution is 5.00. The van der Waals surface area contributed by atoms with Crippen molar-refractivity contribution < 1.29 is 4.74 Å². The third-order valence-corrected chi connectivity index (χ3v) is 4.78. The van der Waals surface area contributed by atoms with Gasteiger partial charge in [0.25, 0.3) is 0 Å². The van der Waals surface area contributed by atoms with Crippen LogP contribution in [0.3, 0.4) is 0 Å². The maximum Gasteiger partial charge on any atom is 0.0462 e. The summed E-state index contributed by atoms with van der Waals surface area (Å²) in [7, 11) is 1.79. The molecular formula is C13H25NO. The van der Waals surface area contributed by atoms with Gasteiger partial charge in [-0.05, 0) is 55.9 Å². The van der Waals surface area contributed by atoms with Crippen LogP contribution in [-0.2, 0) is 4.74 Å². The third-order valence-electron chi connectivity index (χ3n) is 4.78. The number of hydrogen-bond donors (Lipinski definition) is 1. The lowest BCUT2D eigenvalue weighted by atomic mass is 9.70. The molecule has 3 unspecified atom stereocenters. The number of ether oxygens (including phenoxy) is 1. The predicted octanol–water partition coefficient (Wildman–Crippen LogP) is 2.57. The van der Waals surface area contributed by atoms with E-state index in [1.54, 1.807) is 7.11 Å². The zero-order valence-electron chi connectivity index (χ0n) is 10.0. The Morgan fingerprint density at radius 1 is 1.33 bits per heavy atom. The maximum absolute atomic E-state index is 6.04. The van der Waals surface area contributed by atoms with E-state index in [9.17, 15) is 0 Å². The fraction of sp³-hybridized carbons (Fsp3) is 1.00. The molecule has 2 aliphatic carbocycles. The topological polar surface area (TPSA) is 35.2 Å². The summed E-state index contributed by atoms with van der Waals surface area (Å²) in [5.41, 5.74) is 6.56. The number of rotatable bonds is 6. The molecule has 2 bridgehead atoms. The average Bonchev–Trinajstić information content (AvgIpc) is 2.85. The van der Waals surface area contributed by atoms with Crippen LogP contribution in [-0.4, -0.2) is 20.3 Å². The number of fused-ring (bicyclic) bond motifs is 2. The third kappa shape index (κ3) is 2.21. The lowest BCUT2D eigenvalue weighted by molar-refractivity contribution is 0.140. The molecule has 2 N–H and O–H groups in total. The minimum absolute atomic E-state index is 0.524. The molecule has 15 heavy (non-hydrogen) atoms. The van der Waals surface area contributed by atoms with Gasteiger partial charge >= 0.3 is 0 Å². The summed E-state index contributed by atoms with van der Waals surface area (Å²) in [5, 5.41) is 0. The SMILES string of the molecule is COCCCCC1(CN)CC2CCC1C2. The Morgan fingerprint density at radius 3 is 2.73 bits per heavy atom. The molecule has 0 aromatic carbocycles. The van der Waals surface area contributed by atoms with Gasteiger partial charge in [0, 0.05) is 13.7 Å². The molecule has 0 saturated heterocycles. The molecule has 0 aromatic heterocycles. The molecule has 0 radical (unpaired) electrons. The van der Waals surface area contributed by atoms with Crippen molar-refractivity contribution in [3.05, 3.63) is 0 Å². The highest BCUT2D eigenvalue weighted by Gasteiger charge is 2.49. The van der Waals surface area contributed by atoms with Crippen molar-refractivity contribution in [2.75, 3.05) is 20.3 Å². The molecule has 2 heteroatoms. The van der Waals surface area contributed by atoms with Gasteiger partial charge in [-0.1, -0.05) is 12.8 Å². The van der Waals surface area contributed by atoms with Crippen LogP contribution in [0.15, 0.2) is 0 Å². The highest BCUT2D eigenvalue weighted by Crippen LogP contribution is 2.57. The average molecular weight is 211 g/mol. The van der Waals surface area contributed by atoms with Gasteiger partial charge in [0.1, 0.15) is 0 Å². The Labute approximate surface area is 93.6 Å². The lowest BCUT2D eigenvalue weighted by Gasteiger charge is -2.37. The molecule has 0 aromatic rings. The van der Waals surface area contributed by atoms with Crippen LogP contribution in [0.1, 0.15) is 44.9 Å². The first-order chi connectivity index (χ1) is 7.30. The van der Waals surface area contributed by atoms with E-state index in [1.165, 1.54) is 44.9 Å². The fourth-order valence-corrected chi connectivity index (χ4v) is 3.94. The summed E-state index contributed by atoms with van der Waals surface area (Å²) in [6, 6.07) is 0. The van der Waals surface area contributed by atoms with Crippen molar-refractivity contribution in [3.63, 3.8) is 0 Å². The number of hydrogen-bond acceptors (Lipinski definition) is 2. The Bertz CT molecular complexity index is 207. The van der Waals surface area contributed by atoms with Gasteiger partial charge < -0.3 is 10.5 Å². The van der Waals surface area contributed by atoms with Crippen molar-refractivity contribution in [3.8, 4) is 0 Å². The molecule has 2 aliphatic rings. The summed E-state index contributed by atoms with van der Waals surface area (Å²) in [4.78, 5) is 0. The smallest absolute Gasteiger partial charge is 0.0462 e. The second-order valence-corrected chi connectivity index (χ2v) is 5.60. The Morgan fingerprint density at radius 2 is 2.20 bits per heavy atom. The Balaban J connectivity index is 1.81. The van der Waals surface area contributed by atoms with Gasteiger partial charge in [-0.3, -0.25) is 0 Å². The van der Waals surface area contributed by atoms with Gasteiger partial charge in [0.05, 0.1) is 0 Å². The van der Waals surface area contributed by atoms with Crippen LogP contribution >= 0.6 is 0 Å². The van der Waals surface area contributed by atoms with Crippen molar-refractivity contribution in [2.45, 2.75) is 44.9 Å². The van der Waals surface area contributed by atoms with E-state index in [1.807, 2.05) is 0 Å². The molecule has 2 saturated carbocycles. The molecule has 2 fully saturated rings. The van der Waals surface area contributed by atoms with Crippen LogP contribution in [0.25, 0.3) is 0 Å². The summed E-state index contributed by atoms with van der Waals surface area (Å²) < 4.78 is 5.10. The van der Waals surface area contributed by atoms with Crippen LogP contribution in [0.4, 0.5) is 0 Å². The largest absolute Gasteiger partial charge is 0.385 e. The molecule has 2 nitrogen and oxygen atoms in total. The molecule has 3 atom stereocenters. The Hall–Kier alpha value is -0.0800. The first-order valence-electron chi connectivity index (χ1n) is 6.50. The monoisotopic (exact) mass is 211 g/mol. The van der Waals surface area contributed by atoms with E-state index in [0.717, 1.165) is 25.0 Å². The molecule has 0 spiro atoms. The summed E-state index contributed by atoms with van der Waals surface area (Å²) in [5.74, 6) is 1.97. The van der Waals surface area contributed by atoms with Crippen molar-refractivity contribution in [1.29, 1.82) is 0 Å². The summed E-state index contributed by atoms with van der Waals surface area (Å²) >= 11 is 0. The molecule has 88 valence electrons. The zero-order valence-corrected chi connectivity index (χ0v) is 10.0. The van der Waals surface area contributed by atoms with Crippen LogP contribution in [0.2, 0.25) is 0 Å². The maximum atomic E-state index is 6.04. The zero-order chi connectivity index (χ0) is 10.7. The van der Waals surface area contributed by atoms with Gasteiger partial charge in [-0.2, -0.15) is 0 Å². The molecule has 0 aliphatic heterocycles. The first kappa shape index (κ1) is 11.4. The lowest BCUT2D eigenvalue weighted by Crippen LogP contribution is -2.35. The van der Waals surface area contributed by atoms with Crippen molar-refractivity contribution in [2.24, 2.45) is 23.0 Å². The minimum Gasteiger partial charge on any atom is -0.385 e. The predicted molar refractivity (Wildman–Crippen MR) is 62.7 cm³/mol. The van der Waals surface area contributed by atoms with E-state index >= 15 is 0 Å². The van der Waals surface area contributed by atoms with Crippen molar-refractivity contribution >= 4 is 0 Å². The standard InChI is InChI=1S/C13H25NO/c1-15-7-3-2-6-13(10-14)9-11-4-5-12(13)8-11/h11-12H,2-10,14H2,1H3. The van der Waals surface area contributed by atoms with Crippen LogP contribution in [0.5, 0.6) is 0 Å². The van der Waals surface area contributed by atoms with E-state index < -0.39 is 0 Å². The molecular weight excluding hydrogens is 186 g/mol. The first-order valence-corrected chi connectivity index (χ1v) is 6.50. The van der Waals surface area contributed by atoms with Gasteiger partial charge in [0.15, 0.2) is 0 Å². The number of methoxy groups -OCH3 is 1. The molecule has 0 amide bonds. The summed E-state index contributed by atoms with van der Waals surface area (Å²) in [6.45, 7) is 1.83. The van der Waals surface area contributed by atoms with E-state index in [-0.39, 0.29) is 0 Å². The second-order valence-electron chi connectivity index (χ2n) is 5.60.